The maximum Gasteiger partial charge on any atom is 0.122 e. The molecule has 1 aromatic heterocycles. The van der Waals surface area contributed by atoms with Crippen LogP contribution in [-0.2, 0) is 13.0 Å². The minimum atomic E-state index is 0.471. The summed E-state index contributed by atoms with van der Waals surface area (Å²) in [7, 11) is 0. The van der Waals surface area contributed by atoms with E-state index in [0.717, 1.165) is 17.7 Å². The van der Waals surface area contributed by atoms with E-state index in [1.807, 2.05) is 24.3 Å². The Morgan fingerprint density at radius 1 is 1.18 bits per heavy atom. The average Bonchev–Trinajstić information content (AvgIpc) is 2.38. The number of benzene rings is 1. The van der Waals surface area contributed by atoms with Gasteiger partial charge in [0.25, 0.3) is 0 Å². The van der Waals surface area contributed by atoms with Crippen LogP contribution in [0.25, 0.3) is 0 Å². The molecular formula is C14H14ClNO. The average molecular weight is 248 g/mol. The van der Waals surface area contributed by atoms with E-state index in [1.54, 1.807) is 12.4 Å². The Kier molecular flexibility index (Phi) is 3.99. The van der Waals surface area contributed by atoms with Crippen LogP contribution in [0.1, 0.15) is 18.1 Å². The number of halogens is 1. The second-order valence-corrected chi connectivity index (χ2v) is 4.12. The summed E-state index contributed by atoms with van der Waals surface area (Å²) >= 11 is 6.02. The van der Waals surface area contributed by atoms with Gasteiger partial charge in [0.05, 0.1) is 5.02 Å². The quantitative estimate of drug-likeness (QED) is 0.818. The summed E-state index contributed by atoms with van der Waals surface area (Å²) < 4.78 is 5.78. The van der Waals surface area contributed by atoms with E-state index in [-0.39, 0.29) is 0 Å². The molecule has 2 nitrogen and oxygen atoms in total. The molecule has 3 heteroatoms. The van der Waals surface area contributed by atoms with Gasteiger partial charge in [-0.05, 0) is 24.1 Å². The number of hydrogen-bond donors (Lipinski definition) is 0. The number of pyridine rings is 1. The fraction of sp³-hybridized carbons (Fsp3) is 0.214. The van der Waals surface area contributed by atoms with E-state index in [4.69, 9.17) is 16.3 Å². The van der Waals surface area contributed by atoms with Crippen molar-refractivity contribution in [2.24, 2.45) is 0 Å². The Morgan fingerprint density at radius 3 is 2.76 bits per heavy atom. The van der Waals surface area contributed by atoms with Gasteiger partial charge < -0.3 is 4.74 Å². The fourth-order valence-electron chi connectivity index (χ4n) is 1.61. The van der Waals surface area contributed by atoms with E-state index < -0.39 is 0 Å². The Hall–Kier alpha value is -1.54. The summed E-state index contributed by atoms with van der Waals surface area (Å²) in [5.74, 6) is 0.919. The number of rotatable bonds is 4. The van der Waals surface area contributed by atoms with Crippen molar-refractivity contribution < 1.29 is 4.74 Å². The molecule has 0 fully saturated rings. The van der Waals surface area contributed by atoms with Crippen molar-refractivity contribution in [1.29, 1.82) is 0 Å². The first-order valence-electron chi connectivity index (χ1n) is 5.60. The van der Waals surface area contributed by atoms with Gasteiger partial charge in [0, 0.05) is 18.0 Å². The van der Waals surface area contributed by atoms with Crippen LogP contribution >= 0.6 is 11.6 Å². The molecule has 2 rings (SSSR count). The van der Waals surface area contributed by atoms with Gasteiger partial charge >= 0.3 is 0 Å². The third-order valence-corrected chi connectivity index (χ3v) is 2.93. The third-order valence-electron chi connectivity index (χ3n) is 2.59. The van der Waals surface area contributed by atoms with Gasteiger partial charge in [0.2, 0.25) is 0 Å². The van der Waals surface area contributed by atoms with Gasteiger partial charge in [-0.25, -0.2) is 0 Å². The molecule has 0 saturated heterocycles. The molecule has 0 spiro atoms. The van der Waals surface area contributed by atoms with Crippen molar-refractivity contribution >= 4 is 11.6 Å². The zero-order valence-electron chi connectivity index (χ0n) is 9.69. The van der Waals surface area contributed by atoms with Crippen LogP contribution in [-0.4, -0.2) is 4.98 Å². The Bertz CT molecular complexity index is 499. The summed E-state index contributed by atoms with van der Waals surface area (Å²) in [6.07, 6.45) is 4.31. The van der Waals surface area contributed by atoms with E-state index >= 15 is 0 Å². The van der Waals surface area contributed by atoms with Crippen molar-refractivity contribution in [3.05, 3.63) is 58.9 Å². The zero-order valence-corrected chi connectivity index (χ0v) is 10.4. The highest BCUT2D eigenvalue weighted by atomic mass is 35.5. The molecule has 0 aliphatic carbocycles. The summed E-state index contributed by atoms with van der Waals surface area (Å²) in [4.78, 5) is 3.95. The Labute approximate surface area is 106 Å². The van der Waals surface area contributed by atoms with Crippen LogP contribution in [0.15, 0.2) is 42.7 Å². The second kappa shape index (κ2) is 5.69. The first-order chi connectivity index (χ1) is 8.31. The zero-order chi connectivity index (χ0) is 12.1. The number of ether oxygens (including phenoxy) is 1. The summed E-state index contributed by atoms with van der Waals surface area (Å²) in [6, 6.07) is 9.92. The summed E-state index contributed by atoms with van der Waals surface area (Å²) in [5, 5.41) is 0.640. The van der Waals surface area contributed by atoms with E-state index in [0.29, 0.717) is 11.6 Å². The van der Waals surface area contributed by atoms with Gasteiger partial charge in [0.15, 0.2) is 0 Å². The lowest BCUT2D eigenvalue weighted by Gasteiger charge is -2.10. The topological polar surface area (TPSA) is 22.1 Å². The van der Waals surface area contributed by atoms with Crippen molar-refractivity contribution in [3.63, 3.8) is 0 Å². The number of nitrogens with zero attached hydrogens (tertiary/aromatic N) is 1. The lowest BCUT2D eigenvalue weighted by atomic mass is 10.1. The second-order valence-electron chi connectivity index (χ2n) is 3.72. The number of hydrogen-bond acceptors (Lipinski definition) is 2. The fourth-order valence-corrected chi connectivity index (χ4v) is 1.79. The van der Waals surface area contributed by atoms with E-state index in [9.17, 15) is 0 Å². The summed E-state index contributed by atoms with van der Waals surface area (Å²) in [6.45, 7) is 2.58. The van der Waals surface area contributed by atoms with Gasteiger partial charge in [-0.3, -0.25) is 4.98 Å². The van der Waals surface area contributed by atoms with Gasteiger partial charge in [-0.15, -0.1) is 0 Å². The third kappa shape index (κ3) is 2.98. The SMILES string of the molecule is CCc1ccccc1OCc1ccncc1Cl. The molecule has 1 heterocycles. The first-order valence-corrected chi connectivity index (χ1v) is 5.98. The maximum atomic E-state index is 6.02. The maximum absolute atomic E-state index is 6.02. The smallest absolute Gasteiger partial charge is 0.122 e. The molecule has 2 aromatic rings. The van der Waals surface area contributed by atoms with Crippen molar-refractivity contribution in [2.75, 3.05) is 0 Å². The van der Waals surface area contributed by atoms with Gasteiger partial charge in [0.1, 0.15) is 12.4 Å². The van der Waals surface area contributed by atoms with Crippen LogP contribution in [0.5, 0.6) is 5.75 Å². The number of aromatic nitrogens is 1. The molecule has 0 unspecified atom stereocenters. The van der Waals surface area contributed by atoms with Gasteiger partial charge in [-0.2, -0.15) is 0 Å². The summed E-state index contributed by atoms with van der Waals surface area (Å²) in [5.41, 5.74) is 2.16. The standard InChI is InChI=1S/C14H14ClNO/c1-2-11-5-3-4-6-14(11)17-10-12-7-8-16-9-13(12)15/h3-9H,2,10H2,1H3. The predicted octanol–water partition coefficient (Wildman–Crippen LogP) is 3.88. The van der Waals surface area contributed by atoms with Crippen LogP contribution in [0.2, 0.25) is 5.02 Å². The molecule has 0 aliphatic rings. The molecule has 0 radical (unpaired) electrons. The Balaban J connectivity index is 2.10. The first kappa shape index (κ1) is 11.9. The minimum absolute atomic E-state index is 0.471. The lowest BCUT2D eigenvalue weighted by molar-refractivity contribution is 0.303. The van der Waals surface area contributed by atoms with Crippen LogP contribution in [0.4, 0.5) is 0 Å². The molecule has 0 aliphatic heterocycles. The lowest BCUT2D eigenvalue weighted by Crippen LogP contribution is -1.99. The normalized spacial score (nSPS) is 10.2. The van der Waals surface area contributed by atoms with Crippen molar-refractivity contribution in [1.82, 2.24) is 4.98 Å². The molecule has 17 heavy (non-hydrogen) atoms. The molecule has 0 amide bonds. The van der Waals surface area contributed by atoms with Crippen LogP contribution in [0, 0.1) is 0 Å². The molecule has 0 saturated carbocycles. The monoisotopic (exact) mass is 247 g/mol. The van der Waals surface area contributed by atoms with Crippen molar-refractivity contribution in [3.8, 4) is 5.75 Å². The largest absolute Gasteiger partial charge is 0.489 e. The minimum Gasteiger partial charge on any atom is -0.489 e. The highest BCUT2D eigenvalue weighted by Crippen LogP contribution is 2.21. The van der Waals surface area contributed by atoms with Crippen molar-refractivity contribution in [2.45, 2.75) is 20.0 Å². The molecule has 0 N–H and O–H groups in total. The highest BCUT2D eigenvalue weighted by Gasteiger charge is 2.03. The molecular weight excluding hydrogens is 234 g/mol. The van der Waals surface area contributed by atoms with Crippen LogP contribution < -0.4 is 4.74 Å². The molecule has 0 bridgehead atoms. The molecule has 88 valence electrons. The van der Waals surface area contributed by atoms with E-state index in [1.165, 1.54) is 5.56 Å². The predicted molar refractivity (Wildman–Crippen MR) is 69.4 cm³/mol. The highest BCUT2D eigenvalue weighted by molar-refractivity contribution is 6.31. The molecule has 0 atom stereocenters. The molecule has 1 aromatic carbocycles. The van der Waals surface area contributed by atoms with E-state index in [2.05, 4.69) is 18.0 Å². The number of para-hydroxylation sites is 1. The van der Waals surface area contributed by atoms with Crippen LogP contribution in [0.3, 0.4) is 0 Å². The Morgan fingerprint density at radius 2 is 2.00 bits per heavy atom. The van der Waals surface area contributed by atoms with Gasteiger partial charge in [-0.1, -0.05) is 36.7 Å². The number of aryl methyl sites for hydroxylation is 1.